The first-order chi connectivity index (χ1) is 14.4. The quantitative estimate of drug-likeness (QED) is 0.284. The smallest absolute Gasteiger partial charge is 0.209 e. The Hall–Kier alpha value is -2.72. The molecule has 0 unspecified atom stereocenters. The molecule has 2 aromatic heterocycles. The fourth-order valence-corrected chi connectivity index (χ4v) is 4.51. The average Bonchev–Trinajstić information content (AvgIpc) is 3.39. The van der Waals surface area contributed by atoms with Gasteiger partial charge in [-0.05, 0) is 38.4 Å². The van der Waals surface area contributed by atoms with Gasteiger partial charge in [-0.3, -0.25) is 0 Å². The predicted octanol–water partition coefficient (Wildman–Crippen LogP) is 3.03. The number of nitrogens with zero attached hydrogens (tertiary/aromatic N) is 8. The lowest BCUT2D eigenvalue weighted by atomic mass is 10.2. The van der Waals surface area contributed by atoms with E-state index in [2.05, 4.69) is 55.3 Å². The van der Waals surface area contributed by atoms with Gasteiger partial charge in [0.05, 0.1) is 13.1 Å². The fraction of sp³-hybridized carbons (Fsp3) is 0.263. The molecule has 0 saturated carbocycles. The standard InChI is InChI=1S/C19H20N8S2/c1-3-8-16(9-4-1)14-26-18(20-22-24-26)28-12-7-13-29-19-21-23-25-27(19)15-17-10-5-2-6-11-17/h1-6,8-11H,7,12-15H2. The van der Waals surface area contributed by atoms with E-state index in [1.807, 2.05) is 45.8 Å². The highest BCUT2D eigenvalue weighted by atomic mass is 32.2. The molecule has 0 fully saturated rings. The van der Waals surface area contributed by atoms with Gasteiger partial charge >= 0.3 is 0 Å². The SMILES string of the molecule is c1ccc(Cn2nnnc2SCCCSc2nnnn2Cc2ccccc2)cc1. The van der Waals surface area contributed by atoms with Crippen LogP contribution in [-0.4, -0.2) is 51.9 Å². The highest BCUT2D eigenvalue weighted by Gasteiger charge is 2.09. The number of thioether (sulfide) groups is 2. The van der Waals surface area contributed by atoms with Gasteiger partial charge in [-0.15, -0.1) is 10.2 Å². The van der Waals surface area contributed by atoms with Crippen molar-refractivity contribution in [3.8, 4) is 0 Å². The Morgan fingerprint density at radius 3 is 1.52 bits per heavy atom. The Kier molecular flexibility index (Phi) is 6.87. The molecule has 4 aromatic rings. The van der Waals surface area contributed by atoms with Crippen LogP contribution in [0, 0.1) is 0 Å². The van der Waals surface area contributed by atoms with Crippen molar-refractivity contribution >= 4 is 23.5 Å². The molecule has 4 rings (SSSR count). The second-order valence-electron chi connectivity index (χ2n) is 6.26. The molecule has 0 radical (unpaired) electrons. The number of aromatic nitrogens is 8. The zero-order chi connectivity index (χ0) is 19.7. The molecule has 0 bridgehead atoms. The minimum atomic E-state index is 0.680. The lowest BCUT2D eigenvalue weighted by molar-refractivity contribution is 0.602. The fourth-order valence-electron chi connectivity index (χ4n) is 2.70. The lowest BCUT2D eigenvalue weighted by Crippen LogP contribution is -2.04. The van der Waals surface area contributed by atoms with Gasteiger partial charge in [-0.1, -0.05) is 84.2 Å². The Labute approximate surface area is 177 Å². The molecule has 0 amide bonds. The predicted molar refractivity (Wildman–Crippen MR) is 113 cm³/mol. The van der Waals surface area contributed by atoms with Crippen LogP contribution in [0.5, 0.6) is 0 Å². The number of benzene rings is 2. The lowest BCUT2D eigenvalue weighted by Gasteiger charge is -2.05. The molecule has 8 nitrogen and oxygen atoms in total. The van der Waals surface area contributed by atoms with Crippen LogP contribution in [0.1, 0.15) is 17.5 Å². The summed E-state index contributed by atoms with van der Waals surface area (Å²) in [5.41, 5.74) is 2.37. The van der Waals surface area contributed by atoms with E-state index in [1.165, 1.54) is 11.1 Å². The first kappa shape index (κ1) is 19.6. The maximum atomic E-state index is 4.14. The molecule has 0 spiro atoms. The third-order valence-electron chi connectivity index (χ3n) is 4.10. The second kappa shape index (κ2) is 10.2. The summed E-state index contributed by atoms with van der Waals surface area (Å²) in [6, 6.07) is 20.4. The molecule has 0 N–H and O–H groups in total. The van der Waals surface area contributed by atoms with Crippen LogP contribution in [-0.2, 0) is 13.1 Å². The average molecular weight is 425 g/mol. The summed E-state index contributed by atoms with van der Waals surface area (Å²) in [5, 5.41) is 25.8. The topological polar surface area (TPSA) is 87.2 Å². The second-order valence-corrected chi connectivity index (χ2v) is 8.38. The van der Waals surface area contributed by atoms with E-state index in [-0.39, 0.29) is 0 Å². The van der Waals surface area contributed by atoms with Crippen LogP contribution in [0.15, 0.2) is 71.0 Å². The van der Waals surface area contributed by atoms with Crippen molar-refractivity contribution < 1.29 is 0 Å². The van der Waals surface area contributed by atoms with E-state index < -0.39 is 0 Å². The monoisotopic (exact) mass is 424 g/mol. The van der Waals surface area contributed by atoms with Crippen LogP contribution < -0.4 is 0 Å². The van der Waals surface area contributed by atoms with E-state index in [1.54, 1.807) is 23.5 Å². The Morgan fingerprint density at radius 1 is 0.621 bits per heavy atom. The summed E-state index contributed by atoms with van der Waals surface area (Å²) in [4.78, 5) is 0. The van der Waals surface area contributed by atoms with Gasteiger partial charge < -0.3 is 0 Å². The van der Waals surface area contributed by atoms with Gasteiger partial charge in [0.25, 0.3) is 0 Å². The molecule has 2 aromatic carbocycles. The summed E-state index contributed by atoms with van der Waals surface area (Å²) in [6.45, 7) is 1.36. The maximum absolute atomic E-state index is 4.14. The molecule has 29 heavy (non-hydrogen) atoms. The largest absolute Gasteiger partial charge is 0.216 e. The molecule has 2 heterocycles. The Bertz CT molecular complexity index is 922. The van der Waals surface area contributed by atoms with Crippen molar-refractivity contribution in [1.82, 2.24) is 40.4 Å². The third-order valence-corrected chi connectivity index (χ3v) is 6.19. The van der Waals surface area contributed by atoms with Crippen LogP contribution in [0.2, 0.25) is 0 Å². The van der Waals surface area contributed by atoms with Crippen molar-refractivity contribution in [3.63, 3.8) is 0 Å². The Morgan fingerprint density at radius 2 is 1.07 bits per heavy atom. The molecule has 0 atom stereocenters. The summed E-state index contributed by atoms with van der Waals surface area (Å²) in [7, 11) is 0. The number of tetrazole rings is 2. The summed E-state index contributed by atoms with van der Waals surface area (Å²) in [6.07, 6.45) is 1.01. The van der Waals surface area contributed by atoms with Crippen LogP contribution >= 0.6 is 23.5 Å². The minimum absolute atomic E-state index is 0.680. The van der Waals surface area contributed by atoms with E-state index in [4.69, 9.17) is 0 Å². The molecule has 0 aliphatic heterocycles. The van der Waals surface area contributed by atoms with Crippen LogP contribution in [0.25, 0.3) is 0 Å². The molecule has 0 saturated heterocycles. The van der Waals surface area contributed by atoms with Crippen LogP contribution in [0.3, 0.4) is 0 Å². The van der Waals surface area contributed by atoms with Gasteiger partial charge in [0.15, 0.2) is 0 Å². The summed E-state index contributed by atoms with van der Waals surface area (Å²) < 4.78 is 3.68. The van der Waals surface area contributed by atoms with Gasteiger partial charge in [0.1, 0.15) is 0 Å². The van der Waals surface area contributed by atoms with Crippen molar-refractivity contribution in [2.45, 2.75) is 29.8 Å². The highest BCUT2D eigenvalue weighted by molar-refractivity contribution is 8.00. The minimum Gasteiger partial charge on any atom is -0.216 e. The normalized spacial score (nSPS) is 11.0. The van der Waals surface area contributed by atoms with E-state index in [0.717, 1.165) is 28.2 Å². The van der Waals surface area contributed by atoms with E-state index in [9.17, 15) is 0 Å². The van der Waals surface area contributed by atoms with Gasteiger partial charge in [0, 0.05) is 11.5 Å². The highest BCUT2D eigenvalue weighted by Crippen LogP contribution is 2.20. The van der Waals surface area contributed by atoms with E-state index >= 15 is 0 Å². The van der Waals surface area contributed by atoms with Crippen molar-refractivity contribution in [3.05, 3.63) is 71.8 Å². The zero-order valence-corrected chi connectivity index (χ0v) is 17.3. The van der Waals surface area contributed by atoms with Crippen LogP contribution in [0.4, 0.5) is 0 Å². The molecule has 10 heteroatoms. The molecule has 0 aliphatic rings. The van der Waals surface area contributed by atoms with Crippen molar-refractivity contribution in [2.24, 2.45) is 0 Å². The van der Waals surface area contributed by atoms with Gasteiger partial charge in [-0.25, -0.2) is 9.36 Å². The zero-order valence-electron chi connectivity index (χ0n) is 15.7. The van der Waals surface area contributed by atoms with Crippen molar-refractivity contribution in [2.75, 3.05) is 11.5 Å². The molecular formula is C19H20N8S2. The Balaban J connectivity index is 1.23. The third kappa shape index (κ3) is 5.64. The number of rotatable bonds is 10. The number of hydrogen-bond donors (Lipinski definition) is 0. The maximum Gasteiger partial charge on any atom is 0.209 e. The summed E-state index contributed by atoms with van der Waals surface area (Å²) >= 11 is 3.34. The van der Waals surface area contributed by atoms with Gasteiger partial charge in [-0.2, -0.15) is 0 Å². The summed E-state index contributed by atoms with van der Waals surface area (Å²) in [5.74, 6) is 1.87. The number of hydrogen-bond acceptors (Lipinski definition) is 8. The first-order valence-corrected chi connectivity index (χ1v) is 11.2. The molecular weight excluding hydrogens is 404 g/mol. The molecule has 0 aliphatic carbocycles. The first-order valence-electron chi connectivity index (χ1n) is 9.24. The molecule has 148 valence electrons. The van der Waals surface area contributed by atoms with Gasteiger partial charge in [0.2, 0.25) is 10.3 Å². The van der Waals surface area contributed by atoms with E-state index in [0.29, 0.717) is 13.1 Å². The van der Waals surface area contributed by atoms with Crippen molar-refractivity contribution in [1.29, 1.82) is 0 Å².